The van der Waals surface area contributed by atoms with E-state index in [2.05, 4.69) is 10.6 Å². The number of halogens is 2. The van der Waals surface area contributed by atoms with Gasteiger partial charge in [-0.3, -0.25) is 19.7 Å². The van der Waals surface area contributed by atoms with Crippen molar-refractivity contribution in [3.8, 4) is 17.2 Å². The second kappa shape index (κ2) is 14.0. The molecule has 0 bridgehead atoms. The molecule has 0 spiro atoms. The Labute approximate surface area is 268 Å². The van der Waals surface area contributed by atoms with Gasteiger partial charge in [-0.15, -0.1) is 0 Å². The third kappa shape index (κ3) is 7.61. The lowest BCUT2D eigenvalue weighted by Crippen LogP contribution is -2.54. The largest absolute Gasteiger partial charge is 0.493 e. The van der Waals surface area contributed by atoms with Gasteiger partial charge in [0.05, 0.1) is 17.8 Å². The standard InChI is InChI=1S/C33H25Cl2N3O7/c1-43-28-17-21(16-27(35)30(28)45-19-29(39)36-23-9-7-22(34)8-10-23)15-26-31(40)37-33(42)38(32(26)41)24-11-13-25(14-12-24)44-18-20-5-3-2-4-6-20/h2-17H,18-19H2,1H3,(H,36,39)(H,37,40,42)/b26-15+. The minimum absolute atomic E-state index is 0.0585. The molecule has 4 aromatic carbocycles. The molecule has 0 aromatic heterocycles. The molecular formula is C33H25Cl2N3O7. The summed E-state index contributed by atoms with van der Waals surface area (Å²) in [4.78, 5) is 52.0. The van der Waals surface area contributed by atoms with Gasteiger partial charge in [0.25, 0.3) is 17.7 Å². The number of rotatable bonds is 10. The molecule has 10 nitrogen and oxygen atoms in total. The maximum atomic E-state index is 13.4. The lowest BCUT2D eigenvalue weighted by atomic mass is 10.1. The Hall–Kier alpha value is -5.32. The number of nitrogens with zero attached hydrogens (tertiary/aromatic N) is 1. The maximum Gasteiger partial charge on any atom is 0.335 e. The van der Waals surface area contributed by atoms with Crippen LogP contribution in [-0.2, 0) is 21.0 Å². The Morgan fingerprint density at radius 1 is 0.911 bits per heavy atom. The number of ether oxygens (including phenoxy) is 3. The second-order valence-corrected chi connectivity index (χ2v) is 10.4. The smallest absolute Gasteiger partial charge is 0.335 e. The number of nitrogens with one attached hydrogen (secondary N) is 2. The number of hydrogen-bond acceptors (Lipinski definition) is 7. The summed E-state index contributed by atoms with van der Waals surface area (Å²) in [5.74, 6) is -1.40. The van der Waals surface area contributed by atoms with Crippen LogP contribution in [0.15, 0.2) is 96.6 Å². The third-order valence-electron chi connectivity index (χ3n) is 6.48. The van der Waals surface area contributed by atoms with Crippen LogP contribution in [-0.4, -0.2) is 37.5 Å². The van der Waals surface area contributed by atoms with Gasteiger partial charge in [-0.25, -0.2) is 9.69 Å². The number of anilines is 2. The molecule has 4 aromatic rings. The summed E-state index contributed by atoms with van der Waals surface area (Å²) in [5.41, 5.74) is 1.75. The second-order valence-electron chi connectivity index (χ2n) is 9.60. The minimum atomic E-state index is -0.892. The number of methoxy groups -OCH3 is 1. The van der Waals surface area contributed by atoms with Gasteiger partial charge >= 0.3 is 6.03 Å². The molecule has 1 aliphatic rings. The zero-order valence-electron chi connectivity index (χ0n) is 23.7. The zero-order valence-corrected chi connectivity index (χ0v) is 25.2. The summed E-state index contributed by atoms with van der Waals surface area (Å²) in [6, 6.07) is 24.5. The van der Waals surface area contributed by atoms with E-state index in [0.29, 0.717) is 28.6 Å². The first-order valence-electron chi connectivity index (χ1n) is 13.5. The third-order valence-corrected chi connectivity index (χ3v) is 7.02. The molecule has 1 heterocycles. The van der Waals surface area contributed by atoms with Crippen LogP contribution in [0.25, 0.3) is 6.08 Å². The van der Waals surface area contributed by atoms with E-state index >= 15 is 0 Å². The highest BCUT2D eigenvalue weighted by molar-refractivity contribution is 6.39. The van der Waals surface area contributed by atoms with Gasteiger partial charge in [-0.05, 0) is 77.9 Å². The Morgan fingerprint density at radius 2 is 1.62 bits per heavy atom. The van der Waals surface area contributed by atoms with Crippen LogP contribution in [0.5, 0.6) is 17.2 Å². The van der Waals surface area contributed by atoms with Gasteiger partial charge in [-0.2, -0.15) is 0 Å². The van der Waals surface area contributed by atoms with Gasteiger partial charge in [0.2, 0.25) is 0 Å². The van der Waals surface area contributed by atoms with Crippen LogP contribution < -0.4 is 29.7 Å². The number of amides is 5. The van der Waals surface area contributed by atoms with E-state index in [1.165, 1.54) is 25.3 Å². The van der Waals surface area contributed by atoms with Gasteiger partial charge in [-0.1, -0.05) is 53.5 Å². The Balaban J connectivity index is 1.30. The minimum Gasteiger partial charge on any atom is -0.493 e. The molecule has 45 heavy (non-hydrogen) atoms. The first-order chi connectivity index (χ1) is 21.7. The summed E-state index contributed by atoms with van der Waals surface area (Å²) >= 11 is 12.3. The van der Waals surface area contributed by atoms with Crippen LogP contribution in [0.1, 0.15) is 11.1 Å². The van der Waals surface area contributed by atoms with Crippen LogP contribution >= 0.6 is 23.2 Å². The van der Waals surface area contributed by atoms with Gasteiger partial charge < -0.3 is 19.5 Å². The first-order valence-corrected chi connectivity index (χ1v) is 14.2. The highest BCUT2D eigenvalue weighted by Gasteiger charge is 2.37. The molecule has 0 saturated carbocycles. The van der Waals surface area contributed by atoms with Crippen molar-refractivity contribution in [3.63, 3.8) is 0 Å². The molecule has 5 rings (SSSR count). The Morgan fingerprint density at radius 3 is 2.31 bits per heavy atom. The SMILES string of the molecule is COc1cc(/C=C2\C(=O)NC(=O)N(c3ccc(OCc4ccccc4)cc3)C2=O)cc(Cl)c1OCC(=O)Nc1ccc(Cl)cc1. The predicted molar refractivity (Wildman–Crippen MR) is 170 cm³/mol. The zero-order chi connectivity index (χ0) is 31.9. The summed E-state index contributed by atoms with van der Waals surface area (Å²) < 4.78 is 16.8. The van der Waals surface area contributed by atoms with E-state index in [4.69, 9.17) is 37.4 Å². The van der Waals surface area contributed by atoms with Crippen molar-refractivity contribution in [2.45, 2.75) is 6.61 Å². The summed E-state index contributed by atoms with van der Waals surface area (Å²) in [5, 5.41) is 5.45. The molecule has 12 heteroatoms. The summed E-state index contributed by atoms with van der Waals surface area (Å²) in [7, 11) is 1.37. The lowest BCUT2D eigenvalue weighted by Gasteiger charge is -2.26. The van der Waals surface area contributed by atoms with Gasteiger partial charge in [0.15, 0.2) is 18.1 Å². The van der Waals surface area contributed by atoms with Crippen molar-refractivity contribution >= 4 is 64.4 Å². The molecule has 0 radical (unpaired) electrons. The molecule has 1 saturated heterocycles. The van der Waals surface area contributed by atoms with Crippen LogP contribution in [0.2, 0.25) is 10.0 Å². The fourth-order valence-electron chi connectivity index (χ4n) is 4.32. The average molecular weight is 646 g/mol. The molecule has 0 aliphatic carbocycles. The van der Waals surface area contributed by atoms with Crippen molar-refractivity contribution in [1.82, 2.24) is 5.32 Å². The summed E-state index contributed by atoms with van der Waals surface area (Å²) in [6.45, 7) is -0.0373. The quantitative estimate of drug-likeness (QED) is 0.154. The van der Waals surface area contributed by atoms with Crippen molar-refractivity contribution < 1.29 is 33.4 Å². The molecule has 0 unspecified atom stereocenters. The van der Waals surface area contributed by atoms with Crippen molar-refractivity contribution in [1.29, 1.82) is 0 Å². The molecule has 1 aliphatic heterocycles. The topological polar surface area (TPSA) is 123 Å². The van der Waals surface area contributed by atoms with E-state index in [9.17, 15) is 19.2 Å². The van der Waals surface area contributed by atoms with Gasteiger partial charge in [0, 0.05) is 10.7 Å². The van der Waals surface area contributed by atoms with E-state index < -0.39 is 23.8 Å². The van der Waals surface area contributed by atoms with E-state index in [-0.39, 0.29) is 34.4 Å². The number of benzene rings is 4. The average Bonchev–Trinajstić information content (AvgIpc) is 3.03. The number of barbiturate groups is 1. The normalized spacial score (nSPS) is 13.8. The van der Waals surface area contributed by atoms with Gasteiger partial charge in [0.1, 0.15) is 17.9 Å². The van der Waals surface area contributed by atoms with Crippen molar-refractivity contribution in [3.05, 3.63) is 118 Å². The monoisotopic (exact) mass is 645 g/mol. The van der Waals surface area contributed by atoms with E-state index in [1.807, 2.05) is 30.3 Å². The first kappa shape index (κ1) is 31.1. The number of urea groups is 1. The van der Waals surface area contributed by atoms with Crippen LogP contribution in [0.4, 0.5) is 16.2 Å². The van der Waals surface area contributed by atoms with Crippen molar-refractivity contribution in [2.75, 3.05) is 23.9 Å². The Kier molecular flexibility index (Phi) is 9.67. The lowest BCUT2D eigenvalue weighted by molar-refractivity contribution is -0.122. The molecule has 1 fully saturated rings. The van der Waals surface area contributed by atoms with Crippen LogP contribution in [0.3, 0.4) is 0 Å². The fourth-order valence-corrected chi connectivity index (χ4v) is 4.72. The Bertz CT molecular complexity index is 1780. The fraction of sp³-hybridized carbons (Fsp3) is 0.0909. The summed E-state index contributed by atoms with van der Waals surface area (Å²) in [6.07, 6.45) is 1.28. The molecule has 5 amide bonds. The number of imide groups is 2. The van der Waals surface area contributed by atoms with Crippen molar-refractivity contribution in [2.24, 2.45) is 0 Å². The van der Waals surface area contributed by atoms with E-state index in [1.54, 1.807) is 48.5 Å². The molecule has 0 atom stereocenters. The predicted octanol–water partition coefficient (Wildman–Crippen LogP) is 6.26. The van der Waals surface area contributed by atoms with E-state index in [0.717, 1.165) is 10.5 Å². The molecule has 2 N–H and O–H groups in total. The number of carbonyl (C=O) groups excluding carboxylic acids is 4. The molecular weight excluding hydrogens is 621 g/mol. The highest BCUT2D eigenvalue weighted by atomic mass is 35.5. The maximum absolute atomic E-state index is 13.4. The number of hydrogen-bond donors (Lipinski definition) is 2. The van der Waals surface area contributed by atoms with Crippen LogP contribution in [0, 0.1) is 0 Å². The number of carbonyl (C=O) groups is 4. The molecule has 228 valence electrons. The highest BCUT2D eigenvalue weighted by Crippen LogP contribution is 2.37.